The van der Waals surface area contributed by atoms with Crippen LogP contribution in [0.2, 0.25) is 0 Å². The second-order valence-electron chi connectivity index (χ2n) is 5.18. The number of esters is 1. The molecule has 1 aromatic carbocycles. The van der Waals surface area contributed by atoms with Gasteiger partial charge in [-0.25, -0.2) is 4.79 Å². The van der Waals surface area contributed by atoms with E-state index in [1.54, 1.807) is 6.92 Å². The summed E-state index contributed by atoms with van der Waals surface area (Å²) in [7, 11) is 0. The Morgan fingerprint density at radius 2 is 2.12 bits per heavy atom. The Morgan fingerprint density at radius 3 is 2.80 bits per heavy atom. The van der Waals surface area contributed by atoms with E-state index < -0.39 is 5.97 Å². The zero-order valence-electron chi connectivity index (χ0n) is 14.1. The van der Waals surface area contributed by atoms with Crippen molar-refractivity contribution in [2.45, 2.75) is 20.4 Å². The molecule has 0 aliphatic rings. The first-order chi connectivity index (χ1) is 12.1. The summed E-state index contributed by atoms with van der Waals surface area (Å²) in [6.07, 6.45) is 0. The van der Waals surface area contributed by atoms with E-state index in [1.807, 2.05) is 18.2 Å². The third kappa shape index (κ3) is 5.01. The first-order valence-corrected chi connectivity index (χ1v) is 8.64. The zero-order valence-corrected chi connectivity index (χ0v) is 14.9. The molecule has 0 atom stereocenters. The smallest absolute Gasteiger partial charge is 0.341 e. The molecule has 0 spiro atoms. The fourth-order valence-corrected chi connectivity index (χ4v) is 3.52. The predicted octanol–water partition coefficient (Wildman–Crippen LogP) is 2.30. The Kier molecular flexibility index (Phi) is 6.91. The molecule has 25 heavy (non-hydrogen) atoms. The number of nitrogens with one attached hydrogen (secondary N) is 2. The van der Waals surface area contributed by atoms with E-state index in [9.17, 15) is 14.4 Å². The van der Waals surface area contributed by atoms with Crippen LogP contribution in [0.3, 0.4) is 0 Å². The molecule has 1 aromatic heterocycles. The molecule has 0 radical (unpaired) electrons. The Hall–Kier alpha value is -2.45. The molecule has 0 aliphatic heterocycles. The van der Waals surface area contributed by atoms with Crippen LogP contribution in [0.1, 0.15) is 29.8 Å². The molecule has 0 saturated carbocycles. The predicted molar refractivity (Wildman–Crippen MR) is 95.8 cm³/mol. The van der Waals surface area contributed by atoms with E-state index in [2.05, 4.69) is 15.4 Å². The molecule has 1 amide bonds. The summed E-state index contributed by atoms with van der Waals surface area (Å²) in [5, 5.41) is 7.10. The maximum atomic E-state index is 12.3. The standard InChI is InChI=1S/C17H20N2O5S/c1-3-24-17(22)15-13-5-4-12(9-18-6-7-23-10-20)8-14(13)25-16(15)19-11(2)21/h4-5,8,10,18H,3,6-7,9H2,1-2H3,(H,19,21). The summed E-state index contributed by atoms with van der Waals surface area (Å²) in [4.78, 5) is 33.8. The molecule has 0 bridgehead atoms. The molecule has 0 aliphatic carbocycles. The van der Waals surface area contributed by atoms with Gasteiger partial charge in [-0.1, -0.05) is 12.1 Å². The molecule has 0 unspecified atom stereocenters. The molecule has 0 saturated heterocycles. The van der Waals surface area contributed by atoms with Gasteiger partial charge >= 0.3 is 5.97 Å². The first-order valence-electron chi connectivity index (χ1n) is 7.83. The minimum absolute atomic E-state index is 0.242. The van der Waals surface area contributed by atoms with Crippen molar-refractivity contribution < 1.29 is 23.9 Å². The Balaban J connectivity index is 2.24. The van der Waals surface area contributed by atoms with Crippen molar-refractivity contribution in [2.75, 3.05) is 25.1 Å². The molecule has 2 aromatic rings. The molecular weight excluding hydrogens is 344 g/mol. The number of amides is 1. The Morgan fingerprint density at radius 1 is 1.32 bits per heavy atom. The second kappa shape index (κ2) is 9.14. The Labute approximate surface area is 149 Å². The fourth-order valence-electron chi connectivity index (χ4n) is 2.32. The van der Waals surface area contributed by atoms with Gasteiger partial charge in [0.2, 0.25) is 5.91 Å². The van der Waals surface area contributed by atoms with Gasteiger partial charge in [-0.2, -0.15) is 0 Å². The summed E-state index contributed by atoms with van der Waals surface area (Å²) in [6.45, 7) is 5.27. The third-order valence-corrected chi connectivity index (χ3v) is 4.39. The van der Waals surface area contributed by atoms with Gasteiger partial charge in [0.15, 0.2) is 0 Å². The van der Waals surface area contributed by atoms with Gasteiger partial charge in [-0.3, -0.25) is 9.59 Å². The lowest BCUT2D eigenvalue weighted by atomic mass is 10.1. The second-order valence-corrected chi connectivity index (χ2v) is 6.23. The maximum Gasteiger partial charge on any atom is 0.341 e. The van der Waals surface area contributed by atoms with E-state index >= 15 is 0 Å². The number of hydrogen-bond acceptors (Lipinski definition) is 7. The van der Waals surface area contributed by atoms with E-state index in [-0.39, 0.29) is 12.5 Å². The summed E-state index contributed by atoms with van der Waals surface area (Å²) in [6, 6.07) is 5.72. The van der Waals surface area contributed by atoms with Crippen LogP contribution in [0.25, 0.3) is 10.1 Å². The highest BCUT2D eigenvalue weighted by Gasteiger charge is 2.21. The number of carbonyl (C=O) groups excluding carboxylic acids is 3. The summed E-state index contributed by atoms with van der Waals surface area (Å²) in [5.41, 5.74) is 1.40. The number of ether oxygens (including phenoxy) is 2. The quantitative estimate of drug-likeness (QED) is 0.403. The van der Waals surface area contributed by atoms with Crippen LogP contribution in [0.5, 0.6) is 0 Å². The number of anilines is 1. The number of hydrogen-bond donors (Lipinski definition) is 2. The van der Waals surface area contributed by atoms with Crippen LogP contribution in [-0.4, -0.2) is 38.1 Å². The molecular formula is C17H20N2O5S. The van der Waals surface area contributed by atoms with Crippen LogP contribution in [0, 0.1) is 0 Å². The highest BCUT2D eigenvalue weighted by atomic mass is 32.1. The molecule has 1 heterocycles. The van der Waals surface area contributed by atoms with Crippen molar-refractivity contribution in [1.29, 1.82) is 0 Å². The van der Waals surface area contributed by atoms with Gasteiger partial charge in [0.25, 0.3) is 6.47 Å². The minimum Gasteiger partial charge on any atom is -0.467 e. The van der Waals surface area contributed by atoms with Crippen LogP contribution in [0.15, 0.2) is 18.2 Å². The molecule has 2 rings (SSSR count). The molecule has 0 fully saturated rings. The molecule has 134 valence electrons. The van der Waals surface area contributed by atoms with Crippen molar-refractivity contribution >= 4 is 44.8 Å². The molecule has 8 heteroatoms. The SMILES string of the molecule is CCOC(=O)c1c(NC(C)=O)sc2cc(CNCCOC=O)ccc12. The number of carbonyl (C=O) groups is 3. The van der Waals surface area contributed by atoms with Crippen molar-refractivity contribution in [2.24, 2.45) is 0 Å². The van der Waals surface area contributed by atoms with Gasteiger partial charge in [0.05, 0.1) is 6.61 Å². The van der Waals surface area contributed by atoms with E-state index in [0.29, 0.717) is 36.7 Å². The minimum atomic E-state index is -0.450. The van der Waals surface area contributed by atoms with Crippen molar-refractivity contribution in [3.05, 3.63) is 29.3 Å². The number of benzene rings is 1. The average Bonchev–Trinajstić information content (AvgIpc) is 2.91. The lowest BCUT2D eigenvalue weighted by molar-refractivity contribution is -0.128. The Bertz CT molecular complexity index is 772. The van der Waals surface area contributed by atoms with Gasteiger partial charge < -0.3 is 20.1 Å². The van der Waals surface area contributed by atoms with Crippen LogP contribution in [0.4, 0.5) is 5.00 Å². The monoisotopic (exact) mass is 364 g/mol. The average molecular weight is 364 g/mol. The van der Waals surface area contributed by atoms with Gasteiger partial charge in [-0.15, -0.1) is 11.3 Å². The zero-order chi connectivity index (χ0) is 18.2. The highest BCUT2D eigenvalue weighted by Crippen LogP contribution is 2.36. The van der Waals surface area contributed by atoms with Gasteiger partial charge in [0.1, 0.15) is 17.2 Å². The van der Waals surface area contributed by atoms with E-state index in [0.717, 1.165) is 15.6 Å². The summed E-state index contributed by atoms with van der Waals surface area (Å²) in [5.74, 6) is -0.691. The normalized spacial score (nSPS) is 10.5. The van der Waals surface area contributed by atoms with Crippen molar-refractivity contribution in [3.8, 4) is 0 Å². The largest absolute Gasteiger partial charge is 0.467 e. The van der Waals surface area contributed by atoms with Crippen LogP contribution >= 0.6 is 11.3 Å². The fraction of sp³-hybridized carbons (Fsp3) is 0.353. The molecule has 7 nitrogen and oxygen atoms in total. The number of fused-ring (bicyclic) bond motifs is 1. The summed E-state index contributed by atoms with van der Waals surface area (Å²) < 4.78 is 10.6. The van der Waals surface area contributed by atoms with Crippen LogP contribution < -0.4 is 10.6 Å². The number of rotatable bonds is 9. The van der Waals surface area contributed by atoms with Gasteiger partial charge in [-0.05, 0) is 18.6 Å². The summed E-state index contributed by atoms with van der Waals surface area (Å²) >= 11 is 1.34. The number of thiophene rings is 1. The lowest BCUT2D eigenvalue weighted by Gasteiger charge is -2.06. The van der Waals surface area contributed by atoms with Crippen molar-refractivity contribution in [1.82, 2.24) is 5.32 Å². The maximum absolute atomic E-state index is 12.3. The van der Waals surface area contributed by atoms with Crippen molar-refractivity contribution in [3.63, 3.8) is 0 Å². The molecule has 2 N–H and O–H groups in total. The third-order valence-electron chi connectivity index (χ3n) is 3.32. The van der Waals surface area contributed by atoms with Crippen LogP contribution in [-0.2, 0) is 25.6 Å². The van der Waals surface area contributed by atoms with Gasteiger partial charge in [0, 0.05) is 30.1 Å². The first kappa shape index (κ1) is 18.9. The lowest BCUT2D eigenvalue weighted by Crippen LogP contribution is -2.18. The highest BCUT2D eigenvalue weighted by molar-refractivity contribution is 7.23. The van der Waals surface area contributed by atoms with E-state index in [1.165, 1.54) is 18.3 Å². The topological polar surface area (TPSA) is 93.7 Å². The van der Waals surface area contributed by atoms with E-state index in [4.69, 9.17) is 4.74 Å².